The monoisotopic (exact) mass is 454 g/mol. The third kappa shape index (κ3) is 5.63. The molecule has 0 saturated carbocycles. The first-order chi connectivity index (χ1) is 15.8. The predicted octanol–water partition coefficient (Wildman–Crippen LogP) is 2.56. The molecular formula is C26H30O7. The molecule has 1 saturated heterocycles. The molecule has 1 fully saturated rings. The molecule has 176 valence electrons. The molecule has 0 aliphatic carbocycles. The minimum absolute atomic E-state index is 0.0416. The smallest absolute Gasteiger partial charge is 0.162 e. The van der Waals surface area contributed by atoms with Crippen LogP contribution in [0.2, 0.25) is 0 Å². The van der Waals surface area contributed by atoms with Crippen molar-refractivity contribution in [1.82, 2.24) is 0 Å². The largest absolute Gasteiger partial charge is 0.394 e. The van der Waals surface area contributed by atoms with Crippen LogP contribution in [0.3, 0.4) is 0 Å². The zero-order chi connectivity index (χ0) is 24.1. The molecule has 0 unspecified atom stereocenters. The Labute approximate surface area is 193 Å². The van der Waals surface area contributed by atoms with Crippen LogP contribution in [0.4, 0.5) is 0 Å². The molecule has 0 spiro atoms. The van der Waals surface area contributed by atoms with Gasteiger partial charge in [-0.3, -0.25) is 9.59 Å². The fourth-order valence-electron chi connectivity index (χ4n) is 3.89. The summed E-state index contributed by atoms with van der Waals surface area (Å²) < 4.78 is 5.63. The average Bonchev–Trinajstić information content (AvgIpc) is 2.85. The molecule has 3 rings (SSSR count). The van der Waals surface area contributed by atoms with Crippen LogP contribution in [0.5, 0.6) is 0 Å². The van der Waals surface area contributed by atoms with Crippen LogP contribution < -0.4 is 0 Å². The van der Waals surface area contributed by atoms with Gasteiger partial charge >= 0.3 is 0 Å². The third-order valence-electron chi connectivity index (χ3n) is 5.84. The number of carbonyl (C=O) groups is 2. The highest BCUT2D eigenvalue weighted by Gasteiger charge is 2.43. The van der Waals surface area contributed by atoms with E-state index < -0.39 is 37.1 Å². The number of carbonyl (C=O) groups excluding carboxylic acids is 2. The van der Waals surface area contributed by atoms with Crippen molar-refractivity contribution < 1.29 is 34.8 Å². The van der Waals surface area contributed by atoms with Gasteiger partial charge in [-0.15, -0.1) is 0 Å². The minimum Gasteiger partial charge on any atom is -0.394 e. The molecule has 0 aromatic heterocycles. The normalized spacial score (nSPS) is 25.3. The van der Waals surface area contributed by atoms with Gasteiger partial charge in [0.05, 0.1) is 6.61 Å². The minimum atomic E-state index is -1.45. The topological polar surface area (TPSA) is 124 Å². The Morgan fingerprint density at radius 1 is 0.848 bits per heavy atom. The first-order valence-electron chi connectivity index (χ1n) is 11.1. The average molecular weight is 455 g/mol. The Hall–Kier alpha value is -2.68. The second kappa shape index (κ2) is 11.0. The molecule has 4 N–H and O–H groups in total. The van der Waals surface area contributed by atoms with Crippen LogP contribution in [0.15, 0.2) is 42.5 Å². The zero-order valence-corrected chi connectivity index (χ0v) is 18.7. The van der Waals surface area contributed by atoms with E-state index in [1.54, 1.807) is 56.3 Å². The maximum atomic E-state index is 12.2. The molecule has 5 atom stereocenters. The summed E-state index contributed by atoms with van der Waals surface area (Å²) in [5.74, 6) is -0.0833. The lowest BCUT2D eigenvalue weighted by atomic mass is 9.90. The van der Waals surface area contributed by atoms with Crippen LogP contribution in [0, 0.1) is 0 Å². The van der Waals surface area contributed by atoms with Gasteiger partial charge in [-0.1, -0.05) is 44.2 Å². The first kappa shape index (κ1) is 25.0. The van der Waals surface area contributed by atoms with Crippen molar-refractivity contribution in [2.75, 3.05) is 6.61 Å². The lowest BCUT2D eigenvalue weighted by molar-refractivity contribution is -0.231. The van der Waals surface area contributed by atoms with Crippen molar-refractivity contribution in [3.63, 3.8) is 0 Å². The molecule has 0 amide bonds. The number of aliphatic hydroxyl groups excluding tert-OH is 4. The van der Waals surface area contributed by atoms with Crippen LogP contribution in [0.25, 0.3) is 12.2 Å². The van der Waals surface area contributed by atoms with E-state index in [2.05, 4.69) is 0 Å². The van der Waals surface area contributed by atoms with Crippen LogP contribution in [-0.4, -0.2) is 63.0 Å². The molecule has 7 nitrogen and oxygen atoms in total. The van der Waals surface area contributed by atoms with Crippen molar-refractivity contribution in [3.8, 4) is 0 Å². The number of ether oxygens (including phenoxy) is 1. The van der Waals surface area contributed by atoms with Gasteiger partial charge in [-0.25, -0.2) is 0 Å². The molecule has 7 heteroatoms. The number of ketones is 2. The molecule has 1 aliphatic rings. The van der Waals surface area contributed by atoms with Crippen molar-refractivity contribution in [2.45, 2.75) is 57.2 Å². The summed E-state index contributed by atoms with van der Waals surface area (Å²) in [5, 5.41) is 39.9. The number of aliphatic hydroxyl groups is 4. The standard InChI is InChI=1S/C26H30O7/c1-3-20(28)18-11-16(12-19(13-18)21(29)4-2)9-8-15-6-5-7-17(10-15)26-25(32)24(31)23(30)22(14-27)33-26/h5-13,22-27,30-32H,3-4,14H2,1-2H3/b9-8-/t22-,23-,24+,25+,26-/m1/s1. The number of rotatable bonds is 8. The second-order valence-corrected chi connectivity index (χ2v) is 8.15. The van der Waals surface area contributed by atoms with Gasteiger partial charge < -0.3 is 25.2 Å². The van der Waals surface area contributed by atoms with Gasteiger partial charge in [0.15, 0.2) is 11.6 Å². The summed E-state index contributed by atoms with van der Waals surface area (Å²) in [6.45, 7) is 3.06. The van der Waals surface area contributed by atoms with Gasteiger partial charge in [0, 0.05) is 24.0 Å². The molecule has 2 aromatic carbocycles. The lowest BCUT2D eigenvalue weighted by Gasteiger charge is -2.40. The van der Waals surface area contributed by atoms with E-state index in [1.165, 1.54) is 0 Å². The molecule has 33 heavy (non-hydrogen) atoms. The molecule has 1 heterocycles. The summed E-state index contributed by atoms with van der Waals surface area (Å²) in [7, 11) is 0. The third-order valence-corrected chi connectivity index (χ3v) is 5.84. The fraction of sp³-hybridized carbons (Fsp3) is 0.385. The zero-order valence-electron chi connectivity index (χ0n) is 18.7. The van der Waals surface area contributed by atoms with E-state index in [0.29, 0.717) is 35.1 Å². The quantitative estimate of drug-likeness (QED) is 0.357. The predicted molar refractivity (Wildman–Crippen MR) is 124 cm³/mol. The molecule has 0 radical (unpaired) electrons. The van der Waals surface area contributed by atoms with Gasteiger partial charge in [-0.2, -0.15) is 0 Å². The maximum Gasteiger partial charge on any atom is 0.162 e. The number of hydrogen-bond donors (Lipinski definition) is 4. The Kier molecular flexibility index (Phi) is 8.29. The van der Waals surface area contributed by atoms with Crippen LogP contribution >= 0.6 is 0 Å². The summed E-state index contributed by atoms with van der Waals surface area (Å²) in [5.41, 5.74) is 3.04. The molecule has 1 aliphatic heterocycles. The first-order valence-corrected chi connectivity index (χ1v) is 11.1. The fourth-order valence-corrected chi connectivity index (χ4v) is 3.89. The van der Waals surface area contributed by atoms with E-state index in [-0.39, 0.29) is 11.6 Å². The van der Waals surface area contributed by atoms with E-state index in [1.807, 2.05) is 12.1 Å². The highest BCUT2D eigenvalue weighted by molar-refractivity contribution is 6.02. The maximum absolute atomic E-state index is 12.2. The van der Waals surface area contributed by atoms with Crippen molar-refractivity contribution in [1.29, 1.82) is 0 Å². The number of Topliss-reactive ketones (excluding diaryl/α,β-unsaturated/α-hetero) is 2. The van der Waals surface area contributed by atoms with Gasteiger partial charge in [0.1, 0.15) is 30.5 Å². The van der Waals surface area contributed by atoms with E-state index in [4.69, 9.17) is 4.74 Å². The van der Waals surface area contributed by atoms with E-state index in [0.717, 1.165) is 5.56 Å². The Bertz CT molecular complexity index is 993. The SMILES string of the molecule is CCC(=O)c1cc(/C=C\c2cccc([C@H]3O[C@H](CO)[C@@H](O)[C@H](O)[C@@H]3O)c2)cc(C(=O)CC)c1. The number of benzene rings is 2. The summed E-state index contributed by atoms with van der Waals surface area (Å²) in [4.78, 5) is 24.5. The molecule has 0 bridgehead atoms. The Morgan fingerprint density at radius 2 is 1.45 bits per heavy atom. The second-order valence-electron chi connectivity index (χ2n) is 8.15. The van der Waals surface area contributed by atoms with Crippen molar-refractivity contribution >= 4 is 23.7 Å². The van der Waals surface area contributed by atoms with Gasteiger partial charge in [0.2, 0.25) is 0 Å². The van der Waals surface area contributed by atoms with Gasteiger partial charge in [0.25, 0.3) is 0 Å². The summed E-state index contributed by atoms with van der Waals surface area (Å²) in [6.07, 6.45) is -1.84. The summed E-state index contributed by atoms with van der Waals surface area (Å²) >= 11 is 0. The molecular weight excluding hydrogens is 424 g/mol. The van der Waals surface area contributed by atoms with Crippen LogP contribution in [-0.2, 0) is 4.74 Å². The van der Waals surface area contributed by atoms with Crippen molar-refractivity contribution in [2.24, 2.45) is 0 Å². The van der Waals surface area contributed by atoms with E-state index >= 15 is 0 Å². The molecule has 2 aromatic rings. The Balaban J connectivity index is 1.89. The summed E-state index contributed by atoms with van der Waals surface area (Å²) in [6, 6.07) is 12.2. The van der Waals surface area contributed by atoms with Gasteiger partial charge in [-0.05, 0) is 41.0 Å². The lowest BCUT2D eigenvalue weighted by Crippen LogP contribution is -2.55. The van der Waals surface area contributed by atoms with E-state index in [9.17, 15) is 30.0 Å². The number of hydrogen-bond acceptors (Lipinski definition) is 7. The van der Waals surface area contributed by atoms with Crippen molar-refractivity contribution in [3.05, 3.63) is 70.3 Å². The highest BCUT2D eigenvalue weighted by atomic mass is 16.5. The Morgan fingerprint density at radius 3 is 2.03 bits per heavy atom. The highest BCUT2D eigenvalue weighted by Crippen LogP contribution is 2.33. The van der Waals surface area contributed by atoms with Crippen LogP contribution in [0.1, 0.15) is 70.2 Å².